The molecule has 5 heteroatoms. The minimum atomic E-state index is -0.124. The molecule has 0 bridgehead atoms. The zero-order valence-electron chi connectivity index (χ0n) is 11.5. The summed E-state index contributed by atoms with van der Waals surface area (Å²) in [5, 5.41) is 16.0. The highest BCUT2D eigenvalue weighted by atomic mass is 16.3. The Kier molecular flexibility index (Phi) is 4.96. The normalized spacial score (nSPS) is 17.6. The van der Waals surface area contributed by atoms with Gasteiger partial charge >= 0.3 is 0 Å². The van der Waals surface area contributed by atoms with Crippen LogP contribution in [0.1, 0.15) is 55.6 Å². The predicted molar refractivity (Wildman–Crippen MR) is 72.9 cm³/mol. The molecule has 2 rings (SSSR count). The largest absolute Gasteiger partial charge is 0.396 e. The summed E-state index contributed by atoms with van der Waals surface area (Å²) in [5.74, 6) is 0.160. The number of rotatable bonds is 6. The van der Waals surface area contributed by atoms with E-state index in [0.29, 0.717) is 24.7 Å². The van der Waals surface area contributed by atoms with Crippen LogP contribution in [0, 0.1) is 5.92 Å². The lowest BCUT2D eigenvalue weighted by Gasteiger charge is -2.10. The van der Waals surface area contributed by atoms with E-state index in [0.717, 1.165) is 12.8 Å². The SMILES string of the molecule is CC(CCO)CNC(=O)c1ccn(C2CCCC2)n1. The van der Waals surface area contributed by atoms with Crippen molar-refractivity contribution < 1.29 is 9.90 Å². The number of carbonyl (C=O) groups is 1. The monoisotopic (exact) mass is 265 g/mol. The molecule has 106 valence electrons. The fourth-order valence-corrected chi connectivity index (χ4v) is 2.51. The van der Waals surface area contributed by atoms with Crippen molar-refractivity contribution in [3.8, 4) is 0 Å². The minimum Gasteiger partial charge on any atom is -0.396 e. The third kappa shape index (κ3) is 3.80. The van der Waals surface area contributed by atoms with Crippen LogP contribution in [0.4, 0.5) is 0 Å². The minimum absolute atomic E-state index is 0.124. The molecule has 1 saturated carbocycles. The third-order valence-electron chi connectivity index (χ3n) is 3.77. The van der Waals surface area contributed by atoms with Crippen molar-refractivity contribution in [3.63, 3.8) is 0 Å². The van der Waals surface area contributed by atoms with Gasteiger partial charge in [0.2, 0.25) is 0 Å². The number of aliphatic hydroxyl groups is 1. The molecule has 0 spiro atoms. The van der Waals surface area contributed by atoms with Crippen molar-refractivity contribution in [1.82, 2.24) is 15.1 Å². The Hall–Kier alpha value is -1.36. The molecule has 1 fully saturated rings. The van der Waals surface area contributed by atoms with Crippen molar-refractivity contribution in [2.75, 3.05) is 13.2 Å². The molecular formula is C14H23N3O2. The van der Waals surface area contributed by atoms with E-state index in [9.17, 15) is 4.79 Å². The van der Waals surface area contributed by atoms with Crippen LogP contribution in [0.2, 0.25) is 0 Å². The molecular weight excluding hydrogens is 242 g/mol. The number of hydrogen-bond donors (Lipinski definition) is 2. The number of aromatic nitrogens is 2. The highest BCUT2D eigenvalue weighted by Gasteiger charge is 2.19. The summed E-state index contributed by atoms with van der Waals surface area (Å²) in [5.41, 5.74) is 0.489. The molecule has 1 amide bonds. The maximum Gasteiger partial charge on any atom is 0.271 e. The molecule has 1 aliphatic rings. The molecule has 1 aliphatic carbocycles. The topological polar surface area (TPSA) is 67.2 Å². The first-order valence-corrected chi connectivity index (χ1v) is 7.15. The highest BCUT2D eigenvalue weighted by Crippen LogP contribution is 2.28. The maximum atomic E-state index is 11.9. The van der Waals surface area contributed by atoms with Crippen LogP contribution in [0.25, 0.3) is 0 Å². The number of nitrogens with one attached hydrogen (secondary N) is 1. The Labute approximate surface area is 114 Å². The van der Waals surface area contributed by atoms with E-state index in [-0.39, 0.29) is 18.4 Å². The summed E-state index contributed by atoms with van der Waals surface area (Å²) in [7, 11) is 0. The molecule has 1 aromatic rings. The van der Waals surface area contributed by atoms with Crippen molar-refractivity contribution in [3.05, 3.63) is 18.0 Å². The molecule has 0 saturated heterocycles. The molecule has 5 nitrogen and oxygen atoms in total. The van der Waals surface area contributed by atoms with Crippen LogP contribution in [0.5, 0.6) is 0 Å². The number of amides is 1. The van der Waals surface area contributed by atoms with Gasteiger partial charge in [0.05, 0.1) is 6.04 Å². The standard InChI is InChI=1S/C14H23N3O2/c1-11(7-9-18)10-15-14(19)13-6-8-17(16-13)12-4-2-3-5-12/h6,8,11-12,18H,2-5,7,9-10H2,1H3,(H,15,19). The fourth-order valence-electron chi connectivity index (χ4n) is 2.51. The van der Waals surface area contributed by atoms with Crippen LogP contribution < -0.4 is 5.32 Å². The first-order chi connectivity index (χ1) is 9.20. The zero-order chi connectivity index (χ0) is 13.7. The summed E-state index contributed by atoms with van der Waals surface area (Å²) in [6, 6.07) is 2.25. The van der Waals surface area contributed by atoms with Crippen LogP contribution in [-0.4, -0.2) is 33.9 Å². The molecule has 1 aromatic heterocycles. The van der Waals surface area contributed by atoms with E-state index in [1.54, 1.807) is 6.07 Å². The molecule has 2 N–H and O–H groups in total. The number of aliphatic hydroxyl groups excluding tert-OH is 1. The summed E-state index contributed by atoms with van der Waals surface area (Å²) in [6.45, 7) is 2.75. The quantitative estimate of drug-likeness (QED) is 0.823. The maximum absolute atomic E-state index is 11.9. The van der Waals surface area contributed by atoms with Gasteiger partial charge in [-0.05, 0) is 31.2 Å². The molecule has 0 aromatic carbocycles. The highest BCUT2D eigenvalue weighted by molar-refractivity contribution is 5.92. The molecule has 1 atom stereocenters. The Bertz CT molecular complexity index is 411. The number of nitrogens with zero attached hydrogens (tertiary/aromatic N) is 2. The Morgan fingerprint density at radius 2 is 2.32 bits per heavy atom. The van der Waals surface area contributed by atoms with Gasteiger partial charge in [0.1, 0.15) is 5.69 Å². The van der Waals surface area contributed by atoms with E-state index in [1.165, 1.54) is 12.8 Å². The van der Waals surface area contributed by atoms with Gasteiger partial charge in [0.15, 0.2) is 0 Å². The number of hydrogen-bond acceptors (Lipinski definition) is 3. The second kappa shape index (κ2) is 6.70. The van der Waals surface area contributed by atoms with Crippen molar-refractivity contribution in [2.45, 2.75) is 45.1 Å². The molecule has 0 radical (unpaired) electrons. The van der Waals surface area contributed by atoms with Crippen LogP contribution in [0.15, 0.2) is 12.3 Å². The predicted octanol–water partition coefficient (Wildman–Crippen LogP) is 1.75. The van der Waals surface area contributed by atoms with Crippen LogP contribution in [-0.2, 0) is 0 Å². The van der Waals surface area contributed by atoms with Crippen LogP contribution in [0.3, 0.4) is 0 Å². The summed E-state index contributed by atoms with van der Waals surface area (Å²) in [6.07, 6.45) is 7.45. The smallest absolute Gasteiger partial charge is 0.271 e. The Morgan fingerprint density at radius 3 is 3.00 bits per heavy atom. The molecule has 0 aliphatic heterocycles. The molecule has 1 heterocycles. The van der Waals surface area contributed by atoms with Gasteiger partial charge in [0, 0.05) is 19.3 Å². The summed E-state index contributed by atoms with van der Waals surface area (Å²) >= 11 is 0. The van der Waals surface area contributed by atoms with E-state index < -0.39 is 0 Å². The first kappa shape index (κ1) is 14.1. The average molecular weight is 265 g/mol. The van der Waals surface area contributed by atoms with Gasteiger partial charge in [-0.15, -0.1) is 0 Å². The van der Waals surface area contributed by atoms with Crippen molar-refractivity contribution in [1.29, 1.82) is 0 Å². The van der Waals surface area contributed by atoms with Gasteiger partial charge in [-0.1, -0.05) is 19.8 Å². The lowest BCUT2D eigenvalue weighted by molar-refractivity contribution is 0.0939. The van der Waals surface area contributed by atoms with Crippen LogP contribution >= 0.6 is 0 Å². The second-order valence-corrected chi connectivity index (χ2v) is 5.45. The molecule has 19 heavy (non-hydrogen) atoms. The lowest BCUT2D eigenvalue weighted by atomic mass is 10.1. The Balaban J connectivity index is 1.85. The zero-order valence-corrected chi connectivity index (χ0v) is 11.5. The first-order valence-electron chi connectivity index (χ1n) is 7.15. The van der Waals surface area contributed by atoms with Crippen molar-refractivity contribution in [2.24, 2.45) is 5.92 Å². The lowest BCUT2D eigenvalue weighted by Crippen LogP contribution is -2.29. The third-order valence-corrected chi connectivity index (χ3v) is 3.77. The van der Waals surface area contributed by atoms with Gasteiger partial charge in [-0.25, -0.2) is 0 Å². The van der Waals surface area contributed by atoms with Gasteiger partial charge in [0.25, 0.3) is 5.91 Å². The fraction of sp³-hybridized carbons (Fsp3) is 0.714. The van der Waals surface area contributed by atoms with Gasteiger partial charge in [-0.2, -0.15) is 5.10 Å². The van der Waals surface area contributed by atoms with E-state index in [4.69, 9.17) is 5.11 Å². The summed E-state index contributed by atoms with van der Waals surface area (Å²) < 4.78 is 1.93. The van der Waals surface area contributed by atoms with Gasteiger partial charge in [-0.3, -0.25) is 9.48 Å². The summed E-state index contributed by atoms with van der Waals surface area (Å²) in [4.78, 5) is 11.9. The molecule has 1 unspecified atom stereocenters. The Morgan fingerprint density at radius 1 is 1.58 bits per heavy atom. The number of carbonyl (C=O) groups excluding carboxylic acids is 1. The van der Waals surface area contributed by atoms with E-state index in [2.05, 4.69) is 10.4 Å². The second-order valence-electron chi connectivity index (χ2n) is 5.45. The van der Waals surface area contributed by atoms with Gasteiger partial charge < -0.3 is 10.4 Å². The van der Waals surface area contributed by atoms with E-state index in [1.807, 2.05) is 17.8 Å². The van der Waals surface area contributed by atoms with Crippen molar-refractivity contribution >= 4 is 5.91 Å². The average Bonchev–Trinajstić information content (AvgIpc) is 3.06. The van der Waals surface area contributed by atoms with E-state index >= 15 is 0 Å².